The maximum absolute atomic E-state index is 6.00. The molecular weight excluding hydrogens is 236 g/mol. The van der Waals surface area contributed by atoms with E-state index in [0.29, 0.717) is 5.92 Å². The normalized spacial score (nSPS) is 18.6. The van der Waals surface area contributed by atoms with Crippen molar-refractivity contribution in [2.24, 2.45) is 12.8 Å². The molecule has 1 aliphatic rings. The van der Waals surface area contributed by atoms with E-state index in [1.54, 1.807) is 7.11 Å². The standard InChI is InChI=1S/C16H22N2O/c1-10-7-8-13(19-3)16-14(10)15-11(9-17)5-4-6-12(15)18(16)2/h7-8,11H,4-6,9,17H2,1-3H3. The van der Waals surface area contributed by atoms with Crippen LogP contribution < -0.4 is 10.5 Å². The van der Waals surface area contributed by atoms with Gasteiger partial charge in [0.2, 0.25) is 0 Å². The van der Waals surface area contributed by atoms with Crippen LogP contribution in [-0.2, 0) is 13.5 Å². The third kappa shape index (κ3) is 1.68. The van der Waals surface area contributed by atoms with Gasteiger partial charge in [0, 0.05) is 18.1 Å². The van der Waals surface area contributed by atoms with Crippen LogP contribution in [0.2, 0.25) is 0 Å². The van der Waals surface area contributed by atoms with Crippen molar-refractivity contribution in [3.05, 3.63) is 29.0 Å². The molecule has 3 nitrogen and oxygen atoms in total. The van der Waals surface area contributed by atoms with Gasteiger partial charge in [0.1, 0.15) is 5.75 Å². The minimum Gasteiger partial charge on any atom is -0.495 e. The zero-order chi connectivity index (χ0) is 13.6. The Morgan fingerprint density at radius 2 is 2.21 bits per heavy atom. The highest BCUT2D eigenvalue weighted by Gasteiger charge is 2.27. The Morgan fingerprint density at radius 3 is 2.89 bits per heavy atom. The summed E-state index contributed by atoms with van der Waals surface area (Å²) in [5.74, 6) is 1.46. The lowest BCUT2D eigenvalue weighted by Gasteiger charge is -2.22. The van der Waals surface area contributed by atoms with Crippen molar-refractivity contribution >= 4 is 10.9 Å². The topological polar surface area (TPSA) is 40.2 Å². The fourth-order valence-electron chi connectivity index (χ4n) is 3.61. The largest absolute Gasteiger partial charge is 0.495 e. The molecule has 0 saturated carbocycles. The Kier molecular flexibility index (Phi) is 3.02. The van der Waals surface area contributed by atoms with E-state index in [0.717, 1.165) is 18.7 Å². The van der Waals surface area contributed by atoms with Crippen LogP contribution in [0.1, 0.15) is 35.6 Å². The Bertz CT molecular complexity index is 627. The predicted octanol–water partition coefficient (Wildman–Crippen LogP) is 2.87. The zero-order valence-corrected chi connectivity index (χ0v) is 12.0. The molecule has 0 fully saturated rings. The number of nitrogens with two attached hydrogens (primary N) is 1. The molecule has 0 aliphatic heterocycles. The Hall–Kier alpha value is -1.48. The molecule has 3 rings (SSSR count). The number of rotatable bonds is 2. The molecule has 2 N–H and O–H groups in total. The summed E-state index contributed by atoms with van der Waals surface area (Å²) in [4.78, 5) is 0. The first-order chi connectivity index (χ1) is 9.19. The number of fused-ring (bicyclic) bond motifs is 3. The molecule has 102 valence electrons. The summed E-state index contributed by atoms with van der Waals surface area (Å²) in [7, 11) is 3.90. The van der Waals surface area contributed by atoms with Gasteiger partial charge in [-0.15, -0.1) is 0 Å². The molecule has 1 aromatic heterocycles. The second-order valence-electron chi connectivity index (χ2n) is 5.55. The maximum Gasteiger partial charge on any atom is 0.143 e. The van der Waals surface area contributed by atoms with Crippen molar-refractivity contribution in [1.29, 1.82) is 0 Å². The van der Waals surface area contributed by atoms with Crippen LogP contribution in [0.5, 0.6) is 5.75 Å². The minimum absolute atomic E-state index is 0.498. The highest BCUT2D eigenvalue weighted by atomic mass is 16.5. The summed E-state index contributed by atoms with van der Waals surface area (Å²) >= 11 is 0. The number of methoxy groups -OCH3 is 1. The van der Waals surface area contributed by atoms with E-state index in [1.807, 2.05) is 0 Å². The van der Waals surface area contributed by atoms with Crippen molar-refractivity contribution in [2.75, 3.05) is 13.7 Å². The molecule has 1 unspecified atom stereocenters. The molecule has 0 bridgehead atoms. The van der Waals surface area contributed by atoms with Gasteiger partial charge in [0.15, 0.2) is 0 Å². The van der Waals surface area contributed by atoms with E-state index in [1.165, 1.54) is 40.6 Å². The van der Waals surface area contributed by atoms with E-state index in [-0.39, 0.29) is 0 Å². The van der Waals surface area contributed by atoms with Crippen molar-refractivity contribution in [1.82, 2.24) is 4.57 Å². The second kappa shape index (κ2) is 4.57. The molecular formula is C16H22N2O. The molecule has 1 atom stereocenters. The van der Waals surface area contributed by atoms with E-state index >= 15 is 0 Å². The van der Waals surface area contributed by atoms with Crippen molar-refractivity contribution in [3.8, 4) is 5.75 Å². The SMILES string of the molecule is COc1ccc(C)c2c3c(n(C)c12)CCCC3CN. The smallest absolute Gasteiger partial charge is 0.143 e. The first kappa shape index (κ1) is 12.5. The number of hydrogen-bond acceptors (Lipinski definition) is 2. The van der Waals surface area contributed by atoms with Gasteiger partial charge < -0.3 is 15.0 Å². The molecule has 2 aromatic rings. The van der Waals surface area contributed by atoms with Gasteiger partial charge in [-0.3, -0.25) is 0 Å². The van der Waals surface area contributed by atoms with Gasteiger partial charge in [-0.2, -0.15) is 0 Å². The third-order valence-electron chi connectivity index (χ3n) is 4.55. The van der Waals surface area contributed by atoms with Gasteiger partial charge in [0.05, 0.1) is 12.6 Å². The fourth-order valence-corrected chi connectivity index (χ4v) is 3.61. The first-order valence-corrected chi connectivity index (χ1v) is 7.03. The molecule has 0 spiro atoms. The van der Waals surface area contributed by atoms with Crippen molar-refractivity contribution in [3.63, 3.8) is 0 Å². The lowest BCUT2D eigenvalue weighted by atomic mass is 9.84. The van der Waals surface area contributed by atoms with E-state index in [2.05, 4.69) is 30.7 Å². The van der Waals surface area contributed by atoms with Gasteiger partial charge >= 0.3 is 0 Å². The van der Waals surface area contributed by atoms with Crippen LogP contribution in [-0.4, -0.2) is 18.2 Å². The lowest BCUT2D eigenvalue weighted by molar-refractivity contribution is 0.417. The summed E-state index contributed by atoms with van der Waals surface area (Å²) in [6, 6.07) is 4.23. The van der Waals surface area contributed by atoms with Crippen LogP contribution in [0.3, 0.4) is 0 Å². The fraction of sp³-hybridized carbons (Fsp3) is 0.500. The van der Waals surface area contributed by atoms with Crippen LogP contribution in [0.15, 0.2) is 12.1 Å². The lowest BCUT2D eigenvalue weighted by Crippen LogP contribution is -2.18. The second-order valence-corrected chi connectivity index (χ2v) is 5.55. The Labute approximate surface area is 114 Å². The van der Waals surface area contributed by atoms with Crippen molar-refractivity contribution < 1.29 is 4.74 Å². The van der Waals surface area contributed by atoms with Gasteiger partial charge in [-0.1, -0.05) is 6.07 Å². The van der Waals surface area contributed by atoms with Crippen LogP contribution in [0, 0.1) is 6.92 Å². The van der Waals surface area contributed by atoms with Gasteiger partial charge in [0.25, 0.3) is 0 Å². The molecule has 1 heterocycles. The summed E-state index contributed by atoms with van der Waals surface area (Å²) in [5, 5.41) is 1.37. The quantitative estimate of drug-likeness (QED) is 0.899. The average Bonchev–Trinajstić information content (AvgIpc) is 2.75. The molecule has 19 heavy (non-hydrogen) atoms. The number of ether oxygens (including phenoxy) is 1. The Morgan fingerprint density at radius 1 is 1.42 bits per heavy atom. The zero-order valence-electron chi connectivity index (χ0n) is 12.0. The number of benzene rings is 1. The summed E-state index contributed by atoms with van der Waals surface area (Å²) < 4.78 is 7.88. The van der Waals surface area contributed by atoms with Crippen LogP contribution in [0.25, 0.3) is 10.9 Å². The summed E-state index contributed by atoms with van der Waals surface area (Å²) in [5.41, 5.74) is 11.5. The molecule has 0 radical (unpaired) electrons. The number of hydrogen-bond donors (Lipinski definition) is 1. The first-order valence-electron chi connectivity index (χ1n) is 7.03. The highest BCUT2D eigenvalue weighted by Crippen LogP contribution is 2.42. The highest BCUT2D eigenvalue weighted by molar-refractivity contribution is 5.93. The molecule has 1 aliphatic carbocycles. The van der Waals surface area contributed by atoms with Gasteiger partial charge in [-0.05, 0) is 55.8 Å². The van der Waals surface area contributed by atoms with Gasteiger partial charge in [-0.25, -0.2) is 0 Å². The third-order valence-corrected chi connectivity index (χ3v) is 4.55. The van der Waals surface area contributed by atoms with E-state index in [9.17, 15) is 0 Å². The summed E-state index contributed by atoms with van der Waals surface area (Å²) in [6.07, 6.45) is 3.60. The number of aromatic nitrogens is 1. The monoisotopic (exact) mass is 258 g/mol. The number of aryl methyl sites for hydroxylation is 2. The number of nitrogens with zero attached hydrogens (tertiary/aromatic N) is 1. The van der Waals surface area contributed by atoms with Crippen molar-refractivity contribution in [2.45, 2.75) is 32.1 Å². The maximum atomic E-state index is 6.00. The van der Waals surface area contributed by atoms with Crippen LogP contribution >= 0.6 is 0 Å². The summed E-state index contributed by atoms with van der Waals surface area (Å²) in [6.45, 7) is 2.92. The van der Waals surface area contributed by atoms with E-state index < -0.39 is 0 Å². The Balaban J connectivity index is 2.42. The molecule has 1 aromatic carbocycles. The molecule has 0 amide bonds. The van der Waals surface area contributed by atoms with E-state index in [4.69, 9.17) is 10.5 Å². The minimum atomic E-state index is 0.498. The molecule has 3 heteroatoms. The predicted molar refractivity (Wildman–Crippen MR) is 78.9 cm³/mol. The molecule has 0 saturated heterocycles. The van der Waals surface area contributed by atoms with Crippen LogP contribution in [0.4, 0.5) is 0 Å². The average molecular weight is 258 g/mol.